The molecule has 0 saturated carbocycles. The second-order valence-corrected chi connectivity index (χ2v) is 6.32. The van der Waals surface area contributed by atoms with Gasteiger partial charge in [-0.2, -0.15) is 0 Å². The smallest absolute Gasteiger partial charge is 0.191 e. The number of guanidine groups is 1. The topological polar surface area (TPSA) is 52.8 Å². The minimum atomic E-state index is 0. The van der Waals surface area contributed by atoms with Gasteiger partial charge in [0.25, 0.3) is 0 Å². The molecule has 1 aromatic carbocycles. The van der Waals surface area contributed by atoms with Gasteiger partial charge in [-0.1, -0.05) is 17.7 Å². The summed E-state index contributed by atoms with van der Waals surface area (Å²) in [5.74, 6) is 1.81. The number of nitrogens with zero attached hydrogens (tertiary/aromatic N) is 2. The normalized spacial score (nSPS) is 17.3. The van der Waals surface area contributed by atoms with E-state index in [1.54, 1.807) is 13.3 Å². The highest BCUT2D eigenvalue weighted by atomic mass is 127. The highest BCUT2D eigenvalue weighted by Gasteiger charge is 2.23. The fraction of sp³-hybridized carbons (Fsp3) is 0.389. The van der Waals surface area contributed by atoms with Crippen LogP contribution in [0.5, 0.6) is 0 Å². The highest BCUT2D eigenvalue weighted by Crippen LogP contribution is 2.23. The number of aliphatic imine (C=N–C) groups is 1. The maximum atomic E-state index is 6.09. The third kappa shape index (κ3) is 5.81. The number of rotatable bonds is 5. The molecule has 7 heteroatoms. The minimum Gasteiger partial charge on any atom is -0.469 e. The van der Waals surface area contributed by atoms with Gasteiger partial charge < -0.3 is 20.0 Å². The predicted octanol–water partition coefficient (Wildman–Crippen LogP) is 3.54. The number of nitrogens with one attached hydrogen (secondary N) is 2. The van der Waals surface area contributed by atoms with Crippen molar-refractivity contribution < 1.29 is 4.42 Å². The zero-order valence-corrected chi connectivity index (χ0v) is 17.3. The van der Waals surface area contributed by atoms with Gasteiger partial charge in [0.05, 0.1) is 6.26 Å². The Morgan fingerprint density at radius 2 is 2.24 bits per heavy atom. The second-order valence-electron chi connectivity index (χ2n) is 5.88. The first kappa shape index (κ1) is 19.9. The van der Waals surface area contributed by atoms with E-state index in [1.165, 1.54) is 5.69 Å². The van der Waals surface area contributed by atoms with E-state index in [0.717, 1.165) is 49.2 Å². The predicted molar refractivity (Wildman–Crippen MR) is 114 cm³/mol. The van der Waals surface area contributed by atoms with Crippen molar-refractivity contribution in [2.24, 2.45) is 4.99 Å². The van der Waals surface area contributed by atoms with Gasteiger partial charge in [0.2, 0.25) is 0 Å². The van der Waals surface area contributed by atoms with Gasteiger partial charge in [-0.15, -0.1) is 24.0 Å². The summed E-state index contributed by atoms with van der Waals surface area (Å²) in [7, 11) is 1.80. The molecule has 1 atom stereocenters. The Labute approximate surface area is 170 Å². The van der Waals surface area contributed by atoms with Gasteiger partial charge in [-0.25, -0.2) is 0 Å². The summed E-state index contributed by atoms with van der Waals surface area (Å²) in [6, 6.07) is 12.3. The van der Waals surface area contributed by atoms with Gasteiger partial charge in [0.1, 0.15) is 5.76 Å². The molecule has 0 radical (unpaired) electrons. The third-order valence-electron chi connectivity index (χ3n) is 4.17. The van der Waals surface area contributed by atoms with Crippen molar-refractivity contribution in [2.45, 2.75) is 18.9 Å². The van der Waals surface area contributed by atoms with Crippen LogP contribution in [-0.2, 0) is 6.42 Å². The molecule has 136 valence electrons. The summed E-state index contributed by atoms with van der Waals surface area (Å²) in [5.41, 5.74) is 1.17. The van der Waals surface area contributed by atoms with Crippen molar-refractivity contribution in [1.29, 1.82) is 0 Å². The largest absolute Gasteiger partial charge is 0.469 e. The number of hydrogen-bond acceptors (Lipinski definition) is 3. The molecule has 5 nitrogen and oxygen atoms in total. The first-order valence-electron chi connectivity index (χ1n) is 8.24. The van der Waals surface area contributed by atoms with Crippen LogP contribution in [0.2, 0.25) is 5.02 Å². The van der Waals surface area contributed by atoms with Gasteiger partial charge in [-0.3, -0.25) is 4.99 Å². The van der Waals surface area contributed by atoms with Crippen LogP contribution in [0.25, 0.3) is 0 Å². The Bertz CT molecular complexity index is 677. The average molecular weight is 475 g/mol. The highest BCUT2D eigenvalue weighted by molar-refractivity contribution is 14.0. The maximum absolute atomic E-state index is 6.09. The lowest BCUT2D eigenvalue weighted by Gasteiger charge is -2.20. The molecule has 3 rings (SSSR count). The zero-order chi connectivity index (χ0) is 16.8. The van der Waals surface area contributed by atoms with Crippen LogP contribution >= 0.6 is 35.6 Å². The molecule has 25 heavy (non-hydrogen) atoms. The lowest BCUT2D eigenvalue weighted by molar-refractivity contribution is 0.506. The first-order valence-corrected chi connectivity index (χ1v) is 8.62. The molecule has 1 aliphatic rings. The minimum absolute atomic E-state index is 0. The van der Waals surface area contributed by atoms with Gasteiger partial charge in [0.15, 0.2) is 5.96 Å². The summed E-state index contributed by atoms with van der Waals surface area (Å²) in [5, 5.41) is 7.61. The number of hydrogen-bond donors (Lipinski definition) is 2. The van der Waals surface area contributed by atoms with Crippen LogP contribution in [0, 0.1) is 0 Å². The molecular formula is C18H24ClIN4O. The Morgan fingerprint density at radius 1 is 1.36 bits per heavy atom. The standard InChI is InChI=1S/C18H23ClN4O.HI/c1-20-18(21-9-7-17-6-3-11-24-17)22-15-8-10-23(13-15)16-5-2-4-14(19)12-16;/h2-6,11-12,15H,7-10,13H2,1H3,(H2,20,21,22);1H. The van der Waals surface area contributed by atoms with Crippen molar-refractivity contribution in [1.82, 2.24) is 10.6 Å². The molecule has 1 saturated heterocycles. The van der Waals surface area contributed by atoms with Crippen LogP contribution in [0.1, 0.15) is 12.2 Å². The van der Waals surface area contributed by atoms with Crippen molar-refractivity contribution >= 4 is 47.2 Å². The van der Waals surface area contributed by atoms with Crippen molar-refractivity contribution in [3.8, 4) is 0 Å². The number of anilines is 1. The molecule has 1 aliphatic heterocycles. The molecule has 0 aliphatic carbocycles. The third-order valence-corrected chi connectivity index (χ3v) is 4.41. The molecule has 1 unspecified atom stereocenters. The van der Waals surface area contributed by atoms with E-state index in [4.69, 9.17) is 16.0 Å². The molecule has 0 bridgehead atoms. The fourth-order valence-electron chi connectivity index (χ4n) is 2.93. The van der Waals surface area contributed by atoms with Crippen LogP contribution < -0.4 is 15.5 Å². The lowest BCUT2D eigenvalue weighted by atomic mass is 10.2. The Kier molecular flexibility index (Phi) is 7.90. The molecule has 2 N–H and O–H groups in total. The van der Waals surface area contributed by atoms with Crippen LogP contribution in [-0.4, -0.2) is 38.7 Å². The van der Waals surface area contributed by atoms with E-state index in [9.17, 15) is 0 Å². The molecule has 0 amide bonds. The summed E-state index contributed by atoms with van der Waals surface area (Å²) < 4.78 is 5.34. The average Bonchev–Trinajstić information content (AvgIpc) is 3.25. The van der Waals surface area contributed by atoms with E-state index in [2.05, 4.69) is 26.6 Å². The molecule has 2 heterocycles. The van der Waals surface area contributed by atoms with E-state index in [1.807, 2.05) is 30.3 Å². The first-order chi connectivity index (χ1) is 11.7. The second kappa shape index (κ2) is 9.91. The van der Waals surface area contributed by atoms with Crippen LogP contribution in [0.3, 0.4) is 0 Å². The maximum Gasteiger partial charge on any atom is 0.191 e. The van der Waals surface area contributed by atoms with E-state index in [0.29, 0.717) is 6.04 Å². The number of furan rings is 1. The lowest BCUT2D eigenvalue weighted by Crippen LogP contribution is -2.45. The van der Waals surface area contributed by atoms with Crippen molar-refractivity contribution in [3.63, 3.8) is 0 Å². The fourth-order valence-corrected chi connectivity index (χ4v) is 3.12. The molecule has 1 aromatic heterocycles. The summed E-state index contributed by atoms with van der Waals surface area (Å²) in [4.78, 5) is 6.65. The SMILES string of the molecule is CN=C(NCCc1ccco1)NC1CCN(c2cccc(Cl)c2)C1.I. The molecule has 1 fully saturated rings. The van der Waals surface area contributed by atoms with E-state index in [-0.39, 0.29) is 24.0 Å². The van der Waals surface area contributed by atoms with E-state index < -0.39 is 0 Å². The van der Waals surface area contributed by atoms with Gasteiger partial charge in [-0.05, 0) is 36.8 Å². The number of halogens is 2. The van der Waals surface area contributed by atoms with Gasteiger partial charge >= 0.3 is 0 Å². The zero-order valence-electron chi connectivity index (χ0n) is 14.2. The molecular weight excluding hydrogens is 451 g/mol. The molecule has 0 spiro atoms. The van der Waals surface area contributed by atoms with Crippen LogP contribution in [0.4, 0.5) is 5.69 Å². The summed E-state index contributed by atoms with van der Waals surface area (Å²) >= 11 is 6.09. The number of benzene rings is 1. The molecule has 2 aromatic rings. The van der Waals surface area contributed by atoms with Crippen molar-refractivity contribution in [2.75, 3.05) is 31.6 Å². The summed E-state index contributed by atoms with van der Waals surface area (Å²) in [6.45, 7) is 2.75. The van der Waals surface area contributed by atoms with Gasteiger partial charge in [0, 0.05) is 49.9 Å². The Morgan fingerprint density at radius 3 is 2.96 bits per heavy atom. The van der Waals surface area contributed by atoms with Crippen molar-refractivity contribution in [3.05, 3.63) is 53.4 Å². The van der Waals surface area contributed by atoms with E-state index >= 15 is 0 Å². The summed E-state index contributed by atoms with van der Waals surface area (Å²) in [6.07, 6.45) is 3.61. The Balaban J connectivity index is 0.00000225. The van der Waals surface area contributed by atoms with Crippen LogP contribution in [0.15, 0.2) is 52.1 Å². The monoisotopic (exact) mass is 474 g/mol. The Hall–Kier alpha value is -1.41. The quantitative estimate of drug-likeness (QED) is 0.395.